The molecule has 0 bridgehead atoms. The third kappa shape index (κ3) is 3.12. The number of halogens is 6. The summed E-state index contributed by atoms with van der Waals surface area (Å²) >= 11 is 0. The number of hydrogen-bond acceptors (Lipinski definition) is 1. The van der Waals surface area contributed by atoms with Crippen molar-refractivity contribution in [3.63, 3.8) is 0 Å². The zero-order valence-corrected chi connectivity index (χ0v) is 8.65. The van der Waals surface area contributed by atoms with Crippen molar-refractivity contribution in [2.45, 2.75) is 25.3 Å². The van der Waals surface area contributed by atoms with E-state index in [1.54, 1.807) is 0 Å². The predicted molar refractivity (Wildman–Crippen MR) is 49.0 cm³/mol. The topological polar surface area (TPSA) is 26.0 Å². The summed E-state index contributed by atoms with van der Waals surface area (Å²) < 4.78 is 74.5. The Kier molecular flexibility index (Phi) is 3.42. The van der Waals surface area contributed by atoms with E-state index in [1.165, 1.54) is 6.92 Å². The normalized spacial score (nSPS) is 14.8. The van der Waals surface area contributed by atoms with Gasteiger partial charge in [0.05, 0.1) is 11.1 Å². The molecule has 0 saturated carbocycles. The molecule has 1 aromatic rings. The molecular formula is C10H9F6N. The lowest BCUT2D eigenvalue weighted by Gasteiger charge is -2.17. The first-order valence-corrected chi connectivity index (χ1v) is 4.57. The van der Waals surface area contributed by atoms with E-state index in [9.17, 15) is 26.3 Å². The summed E-state index contributed by atoms with van der Waals surface area (Å²) in [6.45, 7) is 1.28. The van der Waals surface area contributed by atoms with E-state index in [0.29, 0.717) is 6.07 Å². The van der Waals surface area contributed by atoms with Gasteiger partial charge >= 0.3 is 12.4 Å². The summed E-state index contributed by atoms with van der Waals surface area (Å²) in [5, 5.41) is 0. The van der Waals surface area contributed by atoms with Gasteiger partial charge in [-0.1, -0.05) is 6.07 Å². The fourth-order valence-corrected chi connectivity index (χ4v) is 1.38. The fraction of sp³-hybridized carbons (Fsp3) is 0.400. The molecule has 0 saturated heterocycles. The van der Waals surface area contributed by atoms with Crippen LogP contribution in [-0.2, 0) is 12.4 Å². The Morgan fingerprint density at radius 1 is 1.00 bits per heavy atom. The van der Waals surface area contributed by atoms with Crippen molar-refractivity contribution in [2.24, 2.45) is 5.73 Å². The second-order valence-corrected chi connectivity index (χ2v) is 3.59. The molecule has 17 heavy (non-hydrogen) atoms. The molecule has 0 aromatic heterocycles. The summed E-state index contributed by atoms with van der Waals surface area (Å²) in [5.74, 6) is 0. The highest BCUT2D eigenvalue weighted by Crippen LogP contribution is 2.38. The van der Waals surface area contributed by atoms with Crippen LogP contribution in [-0.4, -0.2) is 0 Å². The Labute approximate surface area is 93.2 Å². The maximum Gasteiger partial charge on any atom is 0.416 e. The molecule has 0 aliphatic carbocycles. The van der Waals surface area contributed by atoms with Crippen LogP contribution in [0.15, 0.2) is 18.2 Å². The summed E-state index contributed by atoms with van der Waals surface area (Å²) in [6, 6.07) is 0.442. The van der Waals surface area contributed by atoms with Gasteiger partial charge in [0.1, 0.15) is 0 Å². The standard InChI is InChI=1S/C10H9F6N/c1-5(17)7-3-2-6(9(11,12)13)4-8(7)10(14,15)16/h2-5H,17H2,1H3/t5-/m0/s1. The molecule has 1 atom stereocenters. The van der Waals surface area contributed by atoms with Crippen LogP contribution < -0.4 is 5.73 Å². The fourth-order valence-electron chi connectivity index (χ4n) is 1.38. The Morgan fingerprint density at radius 2 is 1.53 bits per heavy atom. The summed E-state index contributed by atoms with van der Waals surface area (Å²) in [7, 11) is 0. The van der Waals surface area contributed by atoms with Crippen LogP contribution in [0.3, 0.4) is 0 Å². The van der Waals surface area contributed by atoms with E-state index in [2.05, 4.69) is 0 Å². The van der Waals surface area contributed by atoms with Gasteiger partial charge in [-0.15, -0.1) is 0 Å². The molecule has 0 heterocycles. The average Bonchev–Trinajstić information content (AvgIpc) is 2.14. The monoisotopic (exact) mass is 257 g/mol. The Morgan fingerprint density at radius 3 is 1.88 bits per heavy atom. The van der Waals surface area contributed by atoms with Crippen molar-refractivity contribution in [3.05, 3.63) is 34.9 Å². The quantitative estimate of drug-likeness (QED) is 0.762. The first kappa shape index (κ1) is 13.8. The summed E-state index contributed by atoms with van der Waals surface area (Å²) in [5.41, 5.74) is 2.25. The maximum absolute atomic E-state index is 12.6. The molecule has 0 unspecified atom stereocenters. The number of alkyl halides is 6. The van der Waals surface area contributed by atoms with E-state index in [4.69, 9.17) is 5.73 Å². The van der Waals surface area contributed by atoms with Gasteiger partial charge in [-0.25, -0.2) is 0 Å². The van der Waals surface area contributed by atoms with Gasteiger partial charge in [0.15, 0.2) is 0 Å². The van der Waals surface area contributed by atoms with Gasteiger partial charge in [0.2, 0.25) is 0 Å². The molecule has 0 fully saturated rings. The summed E-state index contributed by atoms with van der Waals surface area (Å²) in [6.07, 6.45) is -9.67. The number of rotatable bonds is 1. The van der Waals surface area contributed by atoms with Gasteiger partial charge in [0, 0.05) is 6.04 Å². The Hall–Kier alpha value is -1.24. The predicted octanol–water partition coefficient (Wildman–Crippen LogP) is 3.74. The highest BCUT2D eigenvalue weighted by atomic mass is 19.4. The van der Waals surface area contributed by atoms with Crippen molar-refractivity contribution < 1.29 is 26.3 Å². The first-order chi connectivity index (χ1) is 7.53. The van der Waals surface area contributed by atoms with Crippen LogP contribution in [0.4, 0.5) is 26.3 Å². The summed E-state index contributed by atoms with van der Waals surface area (Å²) in [4.78, 5) is 0. The van der Waals surface area contributed by atoms with Gasteiger partial charge in [-0.3, -0.25) is 0 Å². The third-order valence-corrected chi connectivity index (χ3v) is 2.18. The van der Waals surface area contributed by atoms with E-state index < -0.39 is 29.5 Å². The number of hydrogen-bond donors (Lipinski definition) is 1. The molecule has 1 rings (SSSR count). The average molecular weight is 257 g/mol. The van der Waals surface area contributed by atoms with Crippen molar-refractivity contribution >= 4 is 0 Å². The SMILES string of the molecule is C[C@H](N)c1ccc(C(F)(F)F)cc1C(F)(F)F. The molecule has 2 N–H and O–H groups in total. The second kappa shape index (κ2) is 4.21. The molecule has 1 aromatic carbocycles. The molecule has 0 spiro atoms. The van der Waals surface area contributed by atoms with E-state index >= 15 is 0 Å². The molecular weight excluding hydrogens is 248 g/mol. The van der Waals surface area contributed by atoms with Crippen LogP contribution in [0.25, 0.3) is 0 Å². The van der Waals surface area contributed by atoms with Gasteiger partial charge < -0.3 is 5.73 Å². The highest BCUT2D eigenvalue weighted by Gasteiger charge is 2.38. The zero-order valence-electron chi connectivity index (χ0n) is 8.65. The third-order valence-electron chi connectivity index (χ3n) is 2.18. The maximum atomic E-state index is 12.6. The lowest BCUT2D eigenvalue weighted by molar-refractivity contribution is -0.143. The van der Waals surface area contributed by atoms with Crippen LogP contribution in [0.2, 0.25) is 0 Å². The Bertz CT molecular complexity index is 404. The molecule has 96 valence electrons. The lowest BCUT2D eigenvalue weighted by Crippen LogP contribution is -2.17. The van der Waals surface area contributed by atoms with Crippen molar-refractivity contribution in [1.29, 1.82) is 0 Å². The van der Waals surface area contributed by atoms with Crippen LogP contribution in [0, 0.1) is 0 Å². The zero-order chi connectivity index (χ0) is 13.4. The molecule has 0 radical (unpaired) electrons. The highest BCUT2D eigenvalue weighted by molar-refractivity contribution is 5.37. The van der Waals surface area contributed by atoms with Crippen molar-refractivity contribution in [1.82, 2.24) is 0 Å². The molecule has 0 aliphatic rings. The molecule has 1 nitrogen and oxygen atoms in total. The van der Waals surface area contributed by atoms with E-state index in [-0.39, 0.29) is 11.6 Å². The molecule has 0 amide bonds. The largest absolute Gasteiger partial charge is 0.416 e. The molecule has 0 aliphatic heterocycles. The minimum absolute atomic E-state index is 0.0820. The van der Waals surface area contributed by atoms with Gasteiger partial charge in [-0.05, 0) is 24.6 Å². The minimum Gasteiger partial charge on any atom is -0.324 e. The minimum atomic E-state index is -4.86. The van der Waals surface area contributed by atoms with Gasteiger partial charge in [-0.2, -0.15) is 26.3 Å². The van der Waals surface area contributed by atoms with E-state index in [0.717, 1.165) is 6.07 Å². The van der Waals surface area contributed by atoms with Crippen LogP contribution >= 0.6 is 0 Å². The van der Waals surface area contributed by atoms with Gasteiger partial charge in [0.25, 0.3) is 0 Å². The van der Waals surface area contributed by atoms with Crippen molar-refractivity contribution in [3.8, 4) is 0 Å². The van der Waals surface area contributed by atoms with Crippen LogP contribution in [0.1, 0.15) is 29.7 Å². The number of nitrogens with two attached hydrogens (primary N) is 1. The molecule has 7 heteroatoms. The smallest absolute Gasteiger partial charge is 0.324 e. The lowest BCUT2D eigenvalue weighted by atomic mass is 9.98. The Balaban J connectivity index is 3.41. The van der Waals surface area contributed by atoms with Crippen LogP contribution in [0.5, 0.6) is 0 Å². The van der Waals surface area contributed by atoms with E-state index in [1.807, 2.05) is 0 Å². The van der Waals surface area contributed by atoms with Crippen molar-refractivity contribution in [2.75, 3.05) is 0 Å². The number of benzene rings is 1. The first-order valence-electron chi connectivity index (χ1n) is 4.57. The second-order valence-electron chi connectivity index (χ2n) is 3.59.